The van der Waals surface area contributed by atoms with Crippen LogP contribution >= 0.6 is 11.8 Å². The molecule has 1 aromatic rings. The molecule has 5 rings (SSSR count). The Morgan fingerprint density at radius 1 is 1.13 bits per heavy atom. The van der Waals surface area contributed by atoms with Gasteiger partial charge >= 0.3 is 0 Å². The lowest BCUT2D eigenvalue weighted by Crippen LogP contribution is -2.24. The Labute approximate surface area is 181 Å². The van der Waals surface area contributed by atoms with E-state index in [0.29, 0.717) is 22.6 Å². The number of para-hydroxylation sites is 1. The van der Waals surface area contributed by atoms with Crippen LogP contribution in [-0.4, -0.2) is 37.8 Å². The smallest absolute Gasteiger partial charge is 0.284 e. The molecule has 30 heavy (non-hydrogen) atoms. The normalized spacial score (nSPS) is 18.8. The minimum absolute atomic E-state index is 0.0524. The van der Waals surface area contributed by atoms with E-state index < -0.39 is 0 Å². The van der Waals surface area contributed by atoms with Gasteiger partial charge in [-0.3, -0.25) is 4.79 Å². The minimum Gasteiger partial charge on any atom is -0.381 e. The number of ether oxygens (including phenoxy) is 1. The average molecular weight is 425 g/mol. The van der Waals surface area contributed by atoms with Gasteiger partial charge in [0.15, 0.2) is 11.0 Å². The quantitative estimate of drug-likeness (QED) is 0.465. The van der Waals surface area contributed by atoms with Crippen LogP contribution in [0.5, 0.6) is 0 Å². The van der Waals surface area contributed by atoms with Crippen molar-refractivity contribution in [2.24, 2.45) is 5.92 Å². The van der Waals surface area contributed by atoms with Crippen molar-refractivity contribution in [2.75, 3.05) is 13.2 Å². The molecule has 0 spiro atoms. The van der Waals surface area contributed by atoms with Gasteiger partial charge in [-0.15, -0.1) is 5.10 Å². The SMILES string of the molecule is CC(Sc1nc2nn(-c3ccccc3)c(=O)c-2c2n1CCCCC2)C1CCOCC1. The fraction of sp³-hybridized carbons (Fsp3) is 0.522. The third-order valence-electron chi connectivity index (χ3n) is 6.39. The first-order valence-electron chi connectivity index (χ1n) is 11.0. The summed E-state index contributed by atoms with van der Waals surface area (Å²) in [5.74, 6) is 1.22. The van der Waals surface area contributed by atoms with Crippen molar-refractivity contribution in [3.63, 3.8) is 0 Å². The number of hydrogen-bond acceptors (Lipinski definition) is 5. The predicted octanol–water partition coefficient (Wildman–Crippen LogP) is 4.17. The summed E-state index contributed by atoms with van der Waals surface area (Å²) >= 11 is 1.84. The Morgan fingerprint density at radius 2 is 1.93 bits per heavy atom. The van der Waals surface area contributed by atoms with Gasteiger partial charge in [0, 0.05) is 30.7 Å². The van der Waals surface area contributed by atoms with Crippen LogP contribution in [0.25, 0.3) is 17.1 Å². The molecule has 0 aliphatic carbocycles. The first kappa shape index (κ1) is 19.8. The van der Waals surface area contributed by atoms with Gasteiger partial charge in [0.05, 0.1) is 5.69 Å². The molecule has 1 fully saturated rings. The summed E-state index contributed by atoms with van der Waals surface area (Å²) in [5, 5.41) is 6.12. The molecule has 1 unspecified atom stereocenters. The van der Waals surface area contributed by atoms with E-state index in [1.807, 2.05) is 42.1 Å². The number of fused-ring (bicyclic) bond motifs is 3. The molecule has 0 bridgehead atoms. The topological polar surface area (TPSA) is 61.9 Å². The highest BCUT2D eigenvalue weighted by atomic mass is 32.2. The van der Waals surface area contributed by atoms with Gasteiger partial charge in [0.25, 0.3) is 5.56 Å². The summed E-state index contributed by atoms with van der Waals surface area (Å²) in [6.45, 7) is 4.94. The summed E-state index contributed by atoms with van der Waals surface area (Å²) in [4.78, 5) is 18.3. The van der Waals surface area contributed by atoms with Crippen LogP contribution in [0.4, 0.5) is 0 Å². The van der Waals surface area contributed by atoms with Crippen molar-refractivity contribution >= 4 is 11.8 Å². The second-order valence-electron chi connectivity index (χ2n) is 8.33. The summed E-state index contributed by atoms with van der Waals surface area (Å²) in [5.41, 5.74) is 2.55. The maximum absolute atomic E-state index is 13.3. The van der Waals surface area contributed by atoms with Gasteiger partial charge in [0.2, 0.25) is 0 Å². The van der Waals surface area contributed by atoms with Crippen molar-refractivity contribution in [1.29, 1.82) is 0 Å². The fourth-order valence-corrected chi connectivity index (χ4v) is 5.90. The fourth-order valence-electron chi connectivity index (χ4n) is 4.64. The van der Waals surface area contributed by atoms with Crippen LogP contribution < -0.4 is 5.56 Å². The highest BCUT2D eigenvalue weighted by molar-refractivity contribution is 7.99. The van der Waals surface area contributed by atoms with E-state index >= 15 is 0 Å². The maximum Gasteiger partial charge on any atom is 0.284 e. The van der Waals surface area contributed by atoms with Crippen molar-refractivity contribution < 1.29 is 4.74 Å². The second-order valence-corrected chi connectivity index (χ2v) is 9.67. The minimum atomic E-state index is -0.0524. The number of nitrogens with zero attached hydrogens (tertiary/aromatic N) is 4. The van der Waals surface area contributed by atoms with Crippen molar-refractivity contribution in [1.82, 2.24) is 19.3 Å². The van der Waals surface area contributed by atoms with Crippen LogP contribution in [-0.2, 0) is 17.7 Å². The summed E-state index contributed by atoms with van der Waals surface area (Å²) in [6, 6.07) is 9.65. The number of rotatable bonds is 4. The molecule has 1 saturated heterocycles. The van der Waals surface area contributed by atoms with E-state index in [-0.39, 0.29) is 5.56 Å². The molecule has 4 aliphatic heterocycles. The lowest BCUT2D eigenvalue weighted by Gasteiger charge is -2.28. The lowest BCUT2D eigenvalue weighted by atomic mass is 9.97. The third kappa shape index (κ3) is 3.69. The van der Waals surface area contributed by atoms with Crippen LogP contribution in [0.2, 0.25) is 0 Å². The molecule has 7 heteroatoms. The second kappa shape index (κ2) is 8.55. The Hall–Kier alpha value is -2.12. The van der Waals surface area contributed by atoms with E-state index in [1.54, 1.807) is 0 Å². The largest absolute Gasteiger partial charge is 0.381 e. The summed E-state index contributed by atoms with van der Waals surface area (Å²) in [6.07, 6.45) is 6.55. The highest BCUT2D eigenvalue weighted by Gasteiger charge is 2.29. The number of thioether (sulfide) groups is 1. The molecule has 0 aromatic heterocycles. The van der Waals surface area contributed by atoms with Gasteiger partial charge in [0.1, 0.15) is 5.56 Å². The molecule has 0 radical (unpaired) electrons. The van der Waals surface area contributed by atoms with E-state index in [2.05, 4.69) is 16.6 Å². The molecular formula is C23H28N4O2S. The molecule has 0 N–H and O–H groups in total. The summed E-state index contributed by atoms with van der Waals surface area (Å²) < 4.78 is 9.37. The van der Waals surface area contributed by atoms with Crippen LogP contribution in [0.3, 0.4) is 0 Å². The number of benzene rings is 1. The zero-order valence-electron chi connectivity index (χ0n) is 17.4. The lowest BCUT2D eigenvalue weighted by molar-refractivity contribution is 0.0669. The molecule has 4 heterocycles. The van der Waals surface area contributed by atoms with Gasteiger partial charge in [-0.2, -0.15) is 4.68 Å². The van der Waals surface area contributed by atoms with Gasteiger partial charge in [-0.05, 0) is 50.2 Å². The average Bonchev–Trinajstić information content (AvgIpc) is 2.95. The maximum atomic E-state index is 13.3. The molecule has 4 aliphatic rings. The molecule has 0 saturated carbocycles. The summed E-state index contributed by atoms with van der Waals surface area (Å²) in [7, 11) is 0. The molecular weight excluding hydrogens is 396 g/mol. The Bertz CT molecular complexity index is 1040. The highest BCUT2D eigenvalue weighted by Crippen LogP contribution is 2.36. The third-order valence-corrected chi connectivity index (χ3v) is 7.67. The van der Waals surface area contributed by atoms with Gasteiger partial charge < -0.3 is 9.30 Å². The monoisotopic (exact) mass is 424 g/mol. The zero-order valence-corrected chi connectivity index (χ0v) is 18.2. The van der Waals surface area contributed by atoms with Crippen LogP contribution in [0.1, 0.15) is 44.7 Å². The van der Waals surface area contributed by atoms with E-state index in [9.17, 15) is 4.79 Å². The number of hydrogen-bond donors (Lipinski definition) is 0. The van der Waals surface area contributed by atoms with Crippen molar-refractivity contribution in [3.8, 4) is 17.1 Å². The van der Waals surface area contributed by atoms with E-state index in [1.165, 1.54) is 11.1 Å². The first-order chi connectivity index (χ1) is 14.7. The molecule has 0 amide bonds. The van der Waals surface area contributed by atoms with Crippen molar-refractivity contribution in [3.05, 3.63) is 46.4 Å². The van der Waals surface area contributed by atoms with Crippen LogP contribution in [0.15, 0.2) is 40.3 Å². The number of aromatic nitrogens is 4. The van der Waals surface area contributed by atoms with Gasteiger partial charge in [-0.25, -0.2) is 4.98 Å². The van der Waals surface area contributed by atoms with E-state index in [0.717, 1.165) is 68.4 Å². The molecule has 6 nitrogen and oxygen atoms in total. The van der Waals surface area contributed by atoms with Crippen LogP contribution in [0, 0.1) is 5.92 Å². The Kier molecular flexibility index (Phi) is 5.65. The zero-order chi connectivity index (χ0) is 20.5. The predicted molar refractivity (Wildman–Crippen MR) is 119 cm³/mol. The standard InChI is InChI=1S/C23H28N4O2S/c1-16(17-11-14-29-15-12-17)30-23-24-21-20(19-10-6-3-7-13-26(19)23)22(28)27(25-21)18-8-4-2-5-9-18/h2,4-5,8-9,16-17H,3,6-7,10-15H2,1H3. The first-order valence-corrected chi connectivity index (χ1v) is 11.9. The molecule has 158 valence electrons. The van der Waals surface area contributed by atoms with E-state index in [4.69, 9.17) is 9.72 Å². The van der Waals surface area contributed by atoms with Gasteiger partial charge in [-0.1, -0.05) is 43.3 Å². The Morgan fingerprint density at radius 3 is 2.73 bits per heavy atom. The molecule has 1 atom stereocenters. The van der Waals surface area contributed by atoms with Crippen molar-refractivity contribution in [2.45, 2.75) is 62.4 Å². The Balaban J connectivity index is 1.60. The molecule has 1 aromatic carbocycles.